The Balaban J connectivity index is 1.92. The van der Waals surface area contributed by atoms with E-state index in [1.807, 2.05) is 13.0 Å². The highest BCUT2D eigenvalue weighted by Gasteiger charge is 2.18. The van der Waals surface area contributed by atoms with Gasteiger partial charge in [-0.3, -0.25) is 0 Å². The summed E-state index contributed by atoms with van der Waals surface area (Å²) in [5.41, 5.74) is 0.350. The van der Waals surface area contributed by atoms with Crippen LogP contribution < -0.4 is 4.72 Å². The first-order chi connectivity index (χ1) is 10.0. The summed E-state index contributed by atoms with van der Waals surface area (Å²) in [6.07, 6.45) is 2.47. The van der Waals surface area contributed by atoms with Crippen LogP contribution in [0.5, 0.6) is 0 Å². The standard InChI is InChI=1S/C15H21N3O2S/c1-13(12-18-7-2-3-8-18)11-17-21(19,20)15-6-4-5-14(9-15)10-16/h4-6,9,13,17H,2-3,7-8,11-12H2,1H3. The molecule has 1 atom stereocenters. The van der Waals surface area contributed by atoms with Crippen LogP contribution in [0.15, 0.2) is 29.2 Å². The molecule has 0 aromatic heterocycles. The molecule has 0 radical (unpaired) electrons. The van der Waals surface area contributed by atoms with Crippen molar-refractivity contribution in [3.63, 3.8) is 0 Å². The molecular weight excluding hydrogens is 286 g/mol. The first-order valence-corrected chi connectivity index (χ1v) is 8.72. The second-order valence-corrected chi connectivity index (χ2v) is 7.37. The van der Waals surface area contributed by atoms with E-state index >= 15 is 0 Å². The van der Waals surface area contributed by atoms with Crippen molar-refractivity contribution in [3.8, 4) is 6.07 Å². The normalized spacial score (nSPS) is 17.5. The van der Waals surface area contributed by atoms with Gasteiger partial charge in [0.25, 0.3) is 0 Å². The lowest BCUT2D eigenvalue weighted by Crippen LogP contribution is -2.34. The average Bonchev–Trinajstić information content (AvgIpc) is 2.98. The van der Waals surface area contributed by atoms with E-state index in [1.165, 1.54) is 25.0 Å². The SMILES string of the molecule is CC(CNS(=O)(=O)c1cccc(C#N)c1)CN1CCCC1. The molecular formula is C15H21N3O2S. The fraction of sp³-hybridized carbons (Fsp3) is 0.533. The zero-order valence-electron chi connectivity index (χ0n) is 12.2. The summed E-state index contributed by atoms with van der Waals surface area (Å²) in [4.78, 5) is 2.52. The van der Waals surface area contributed by atoms with Gasteiger partial charge < -0.3 is 4.90 Å². The summed E-state index contributed by atoms with van der Waals surface area (Å²) in [5, 5.41) is 8.83. The van der Waals surface area contributed by atoms with Crippen molar-refractivity contribution in [2.75, 3.05) is 26.2 Å². The Morgan fingerprint density at radius 1 is 1.38 bits per heavy atom. The molecule has 0 saturated carbocycles. The first kappa shape index (κ1) is 16.0. The summed E-state index contributed by atoms with van der Waals surface area (Å²) in [6.45, 7) is 5.60. The predicted molar refractivity (Wildman–Crippen MR) is 81.2 cm³/mol. The lowest BCUT2D eigenvalue weighted by Gasteiger charge is -2.20. The van der Waals surface area contributed by atoms with Crippen LogP contribution in [0, 0.1) is 17.2 Å². The van der Waals surface area contributed by atoms with Crippen LogP contribution in [-0.2, 0) is 10.0 Å². The minimum atomic E-state index is -3.54. The molecule has 0 bridgehead atoms. The molecule has 1 N–H and O–H groups in total. The van der Waals surface area contributed by atoms with E-state index in [0.29, 0.717) is 12.1 Å². The van der Waals surface area contributed by atoms with Gasteiger partial charge in [0.2, 0.25) is 10.0 Å². The minimum Gasteiger partial charge on any atom is -0.303 e. The Morgan fingerprint density at radius 2 is 2.10 bits per heavy atom. The highest BCUT2D eigenvalue weighted by Crippen LogP contribution is 2.13. The van der Waals surface area contributed by atoms with E-state index in [-0.39, 0.29) is 10.8 Å². The van der Waals surface area contributed by atoms with E-state index in [9.17, 15) is 8.42 Å². The van der Waals surface area contributed by atoms with Crippen LogP contribution in [0.25, 0.3) is 0 Å². The quantitative estimate of drug-likeness (QED) is 0.866. The third kappa shape index (κ3) is 4.53. The van der Waals surface area contributed by atoms with Gasteiger partial charge in [-0.1, -0.05) is 13.0 Å². The van der Waals surface area contributed by atoms with Gasteiger partial charge in [-0.15, -0.1) is 0 Å². The van der Waals surface area contributed by atoms with E-state index in [1.54, 1.807) is 12.1 Å². The second kappa shape index (κ2) is 7.03. The molecule has 0 aliphatic carbocycles. The van der Waals surface area contributed by atoms with Crippen LogP contribution in [-0.4, -0.2) is 39.5 Å². The Kier molecular flexibility index (Phi) is 5.34. The number of nitrogens with zero attached hydrogens (tertiary/aromatic N) is 2. The van der Waals surface area contributed by atoms with Crippen LogP contribution in [0.3, 0.4) is 0 Å². The van der Waals surface area contributed by atoms with Crippen molar-refractivity contribution < 1.29 is 8.42 Å². The summed E-state index contributed by atoms with van der Waals surface area (Å²) >= 11 is 0. The van der Waals surface area contributed by atoms with Crippen molar-refractivity contribution in [2.45, 2.75) is 24.7 Å². The van der Waals surface area contributed by atoms with Crippen molar-refractivity contribution in [1.29, 1.82) is 5.26 Å². The van der Waals surface area contributed by atoms with Gasteiger partial charge in [0.1, 0.15) is 0 Å². The Morgan fingerprint density at radius 3 is 2.76 bits per heavy atom. The van der Waals surface area contributed by atoms with Gasteiger partial charge in [0, 0.05) is 13.1 Å². The van der Waals surface area contributed by atoms with Crippen LogP contribution >= 0.6 is 0 Å². The van der Waals surface area contributed by atoms with Crippen molar-refractivity contribution >= 4 is 10.0 Å². The second-order valence-electron chi connectivity index (χ2n) is 5.60. The zero-order chi connectivity index (χ0) is 15.3. The van der Waals surface area contributed by atoms with Gasteiger partial charge in [-0.25, -0.2) is 13.1 Å². The maximum absolute atomic E-state index is 12.2. The van der Waals surface area contributed by atoms with E-state index in [2.05, 4.69) is 9.62 Å². The van der Waals surface area contributed by atoms with E-state index in [0.717, 1.165) is 19.6 Å². The summed E-state index contributed by atoms with van der Waals surface area (Å²) < 4.78 is 27.1. The maximum Gasteiger partial charge on any atom is 0.240 e. The molecule has 6 heteroatoms. The van der Waals surface area contributed by atoms with Gasteiger partial charge in [-0.2, -0.15) is 5.26 Å². The summed E-state index contributed by atoms with van der Waals surface area (Å²) in [5.74, 6) is 0.261. The highest BCUT2D eigenvalue weighted by atomic mass is 32.2. The van der Waals surface area contributed by atoms with Gasteiger partial charge in [0.05, 0.1) is 16.5 Å². The van der Waals surface area contributed by atoms with Gasteiger partial charge >= 0.3 is 0 Å². The van der Waals surface area contributed by atoms with Gasteiger partial charge in [-0.05, 0) is 50.0 Å². The van der Waals surface area contributed by atoms with Crippen LogP contribution in [0.2, 0.25) is 0 Å². The fourth-order valence-electron chi connectivity index (χ4n) is 2.54. The Bertz CT molecular complexity index is 616. The number of sulfonamides is 1. The third-order valence-corrected chi connectivity index (χ3v) is 5.09. The number of hydrogen-bond acceptors (Lipinski definition) is 4. The lowest BCUT2D eigenvalue weighted by atomic mass is 10.2. The Labute approximate surface area is 126 Å². The van der Waals surface area contributed by atoms with Crippen LogP contribution in [0.1, 0.15) is 25.3 Å². The average molecular weight is 307 g/mol. The zero-order valence-corrected chi connectivity index (χ0v) is 13.1. The first-order valence-electron chi connectivity index (χ1n) is 7.23. The maximum atomic E-state index is 12.2. The summed E-state index contributed by atoms with van der Waals surface area (Å²) in [6, 6.07) is 8.03. The summed E-state index contributed by atoms with van der Waals surface area (Å²) in [7, 11) is -3.54. The van der Waals surface area contributed by atoms with Crippen LogP contribution in [0.4, 0.5) is 0 Å². The molecule has 0 amide bonds. The number of nitriles is 1. The molecule has 1 unspecified atom stereocenters. The molecule has 0 spiro atoms. The van der Waals surface area contributed by atoms with E-state index in [4.69, 9.17) is 5.26 Å². The molecule has 2 rings (SSSR count). The molecule has 5 nitrogen and oxygen atoms in total. The fourth-order valence-corrected chi connectivity index (χ4v) is 3.75. The monoisotopic (exact) mass is 307 g/mol. The lowest BCUT2D eigenvalue weighted by molar-refractivity contribution is 0.288. The molecule has 1 saturated heterocycles. The molecule has 1 heterocycles. The molecule has 1 aliphatic rings. The number of hydrogen-bond donors (Lipinski definition) is 1. The molecule has 1 aromatic carbocycles. The highest BCUT2D eigenvalue weighted by molar-refractivity contribution is 7.89. The molecule has 1 aliphatic heterocycles. The minimum absolute atomic E-state index is 0.148. The molecule has 1 aromatic rings. The van der Waals surface area contributed by atoms with Crippen molar-refractivity contribution in [1.82, 2.24) is 9.62 Å². The number of likely N-dealkylation sites (tertiary alicyclic amines) is 1. The molecule has 114 valence electrons. The molecule has 21 heavy (non-hydrogen) atoms. The topological polar surface area (TPSA) is 73.2 Å². The van der Waals surface area contributed by atoms with E-state index < -0.39 is 10.0 Å². The third-order valence-electron chi connectivity index (χ3n) is 3.66. The number of rotatable bonds is 6. The smallest absolute Gasteiger partial charge is 0.240 e. The Hall–Kier alpha value is -1.42. The van der Waals surface area contributed by atoms with Gasteiger partial charge in [0.15, 0.2) is 0 Å². The number of nitrogens with one attached hydrogen (secondary N) is 1. The van der Waals surface area contributed by atoms with Crippen molar-refractivity contribution in [3.05, 3.63) is 29.8 Å². The van der Waals surface area contributed by atoms with Crippen molar-refractivity contribution in [2.24, 2.45) is 5.92 Å². The largest absolute Gasteiger partial charge is 0.303 e. The predicted octanol–water partition coefficient (Wildman–Crippen LogP) is 1.57. The number of benzene rings is 1. The molecule has 1 fully saturated rings.